The molecule has 8 heteroatoms. The molecule has 1 aliphatic heterocycles. The smallest absolute Gasteiger partial charge is 0.160 e. The normalized spacial score (nSPS) is 25.4. The van der Waals surface area contributed by atoms with Gasteiger partial charge in [0.1, 0.15) is 11.3 Å². The van der Waals surface area contributed by atoms with Gasteiger partial charge in [-0.15, -0.1) is 11.6 Å². The molecule has 108 valence electrons. The highest BCUT2D eigenvalue weighted by Crippen LogP contribution is 2.35. The van der Waals surface area contributed by atoms with Crippen LogP contribution in [0.5, 0.6) is 0 Å². The second-order valence-corrected chi connectivity index (χ2v) is 8.70. The Labute approximate surface area is 130 Å². The first-order valence-electron chi connectivity index (χ1n) is 6.14. The topological polar surface area (TPSA) is 64.8 Å². The van der Waals surface area contributed by atoms with E-state index in [2.05, 4.69) is 25.9 Å². The monoisotopic (exact) mass is 377 g/mol. The first-order chi connectivity index (χ1) is 9.35. The molecule has 20 heavy (non-hydrogen) atoms. The lowest BCUT2D eigenvalue weighted by atomic mass is 10.0. The average Bonchev–Trinajstić information content (AvgIpc) is 2.86. The van der Waals surface area contributed by atoms with Gasteiger partial charge in [-0.25, -0.2) is 18.4 Å². The van der Waals surface area contributed by atoms with Crippen LogP contribution in [0, 0.1) is 0 Å². The molecule has 2 aromatic heterocycles. The quantitative estimate of drug-likeness (QED) is 0.753. The van der Waals surface area contributed by atoms with Gasteiger partial charge < -0.3 is 4.57 Å². The summed E-state index contributed by atoms with van der Waals surface area (Å²) < 4.78 is 26.4. The van der Waals surface area contributed by atoms with Gasteiger partial charge in [-0.05, 0) is 35.3 Å². The molecular weight excluding hydrogens is 366 g/mol. The minimum Gasteiger partial charge on any atom is -0.305 e. The summed E-state index contributed by atoms with van der Waals surface area (Å²) in [5, 5.41) is 0. The summed E-state index contributed by atoms with van der Waals surface area (Å²) in [4.78, 5) is 8.86. The molecule has 1 saturated heterocycles. The Morgan fingerprint density at radius 3 is 2.90 bits per heavy atom. The molecule has 1 unspecified atom stereocenters. The Balaban J connectivity index is 2.25. The number of rotatable bonds is 2. The van der Waals surface area contributed by atoms with E-state index in [0.717, 1.165) is 9.99 Å². The van der Waals surface area contributed by atoms with Crippen molar-refractivity contribution < 1.29 is 8.42 Å². The third-order valence-corrected chi connectivity index (χ3v) is 6.24. The number of aromatic nitrogens is 3. The molecular formula is C12H13BrClN3O2S. The first kappa shape index (κ1) is 14.3. The summed E-state index contributed by atoms with van der Waals surface area (Å²) in [6.07, 6.45) is 2.24. The molecule has 0 saturated carbocycles. The third kappa shape index (κ3) is 2.25. The standard InChI is InChI=1S/C12H13BrClN3O2S/c1-12(2-3-20(18,19)7-12)17-10(5-14)16-9-4-8(13)6-15-11(9)17/h4,6H,2-3,5,7H2,1H3. The van der Waals surface area contributed by atoms with E-state index in [0.29, 0.717) is 17.9 Å². The number of halogens is 2. The Kier molecular flexibility index (Phi) is 3.34. The number of sulfone groups is 1. The summed E-state index contributed by atoms with van der Waals surface area (Å²) in [7, 11) is -3.01. The van der Waals surface area contributed by atoms with Crippen LogP contribution < -0.4 is 0 Å². The maximum absolute atomic E-state index is 11.8. The predicted octanol–water partition coefficient (Wildman–Crippen LogP) is 2.47. The summed E-state index contributed by atoms with van der Waals surface area (Å²) in [6, 6.07) is 1.86. The Morgan fingerprint density at radius 2 is 2.30 bits per heavy atom. The van der Waals surface area contributed by atoms with E-state index in [1.165, 1.54) is 0 Å². The van der Waals surface area contributed by atoms with Crippen molar-refractivity contribution in [3.8, 4) is 0 Å². The predicted molar refractivity (Wildman–Crippen MR) is 81.7 cm³/mol. The number of pyridine rings is 1. The van der Waals surface area contributed by atoms with Gasteiger partial charge in [-0.2, -0.15) is 0 Å². The molecule has 1 aliphatic rings. The maximum Gasteiger partial charge on any atom is 0.160 e. The van der Waals surface area contributed by atoms with Crippen molar-refractivity contribution in [1.29, 1.82) is 0 Å². The van der Waals surface area contributed by atoms with Crippen LogP contribution in [0.25, 0.3) is 11.2 Å². The summed E-state index contributed by atoms with van der Waals surface area (Å²) >= 11 is 9.35. The van der Waals surface area contributed by atoms with Gasteiger partial charge in [0.25, 0.3) is 0 Å². The van der Waals surface area contributed by atoms with Crippen LogP contribution in [-0.4, -0.2) is 34.5 Å². The van der Waals surface area contributed by atoms with Crippen LogP contribution in [0.2, 0.25) is 0 Å². The number of hydrogen-bond donors (Lipinski definition) is 0. The molecule has 1 fully saturated rings. The van der Waals surface area contributed by atoms with Gasteiger partial charge >= 0.3 is 0 Å². The Bertz CT molecular complexity index is 789. The number of imidazole rings is 1. The van der Waals surface area contributed by atoms with Crippen molar-refractivity contribution in [2.45, 2.75) is 24.8 Å². The van der Waals surface area contributed by atoms with E-state index >= 15 is 0 Å². The number of nitrogens with zero attached hydrogens (tertiary/aromatic N) is 3. The van der Waals surface area contributed by atoms with Gasteiger partial charge in [0.05, 0.1) is 22.9 Å². The van der Waals surface area contributed by atoms with Crippen molar-refractivity contribution in [2.75, 3.05) is 11.5 Å². The minimum atomic E-state index is -3.01. The van der Waals surface area contributed by atoms with Gasteiger partial charge in [-0.3, -0.25) is 0 Å². The van der Waals surface area contributed by atoms with Crippen molar-refractivity contribution in [2.24, 2.45) is 0 Å². The molecule has 2 aromatic rings. The van der Waals surface area contributed by atoms with Crippen LogP contribution in [0.15, 0.2) is 16.7 Å². The van der Waals surface area contributed by atoms with Crippen LogP contribution in [0.3, 0.4) is 0 Å². The van der Waals surface area contributed by atoms with Crippen LogP contribution >= 0.6 is 27.5 Å². The molecule has 0 aliphatic carbocycles. The molecule has 0 spiro atoms. The molecule has 3 heterocycles. The molecule has 0 N–H and O–H groups in total. The van der Waals surface area contributed by atoms with Gasteiger partial charge in [0, 0.05) is 10.7 Å². The molecule has 0 radical (unpaired) electrons. The maximum atomic E-state index is 11.8. The Hall–Kier alpha value is -0.660. The van der Waals surface area contributed by atoms with Crippen molar-refractivity contribution in [3.05, 3.63) is 22.6 Å². The minimum absolute atomic E-state index is 0.104. The molecule has 1 atom stereocenters. The van der Waals surface area contributed by atoms with Gasteiger partial charge in [0.2, 0.25) is 0 Å². The van der Waals surface area contributed by atoms with Crippen LogP contribution in [-0.2, 0) is 21.3 Å². The second kappa shape index (κ2) is 4.68. The number of hydrogen-bond acceptors (Lipinski definition) is 4. The molecule has 0 aromatic carbocycles. The van der Waals surface area contributed by atoms with Crippen molar-refractivity contribution in [3.63, 3.8) is 0 Å². The van der Waals surface area contributed by atoms with E-state index in [1.807, 2.05) is 17.6 Å². The lowest BCUT2D eigenvalue weighted by Gasteiger charge is -2.26. The summed E-state index contributed by atoms with van der Waals surface area (Å²) in [5.74, 6) is 1.19. The van der Waals surface area contributed by atoms with Crippen LogP contribution in [0.4, 0.5) is 0 Å². The highest BCUT2D eigenvalue weighted by atomic mass is 79.9. The molecule has 3 rings (SSSR count). The summed E-state index contributed by atoms with van der Waals surface area (Å²) in [6.45, 7) is 1.93. The zero-order valence-electron chi connectivity index (χ0n) is 10.8. The lowest BCUT2D eigenvalue weighted by Crippen LogP contribution is -2.33. The second-order valence-electron chi connectivity index (χ2n) is 5.33. The lowest BCUT2D eigenvalue weighted by molar-refractivity contribution is 0.365. The fourth-order valence-electron chi connectivity index (χ4n) is 2.81. The number of alkyl halides is 1. The highest BCUT2D eigenvalue weighted by Gasteiger charge is 2.42. The first-order valence-corrected chi connectivity index (χ1v) is 9.29. The zero-order valence-corrected chi connectivity index (χ0v) is 14.0. The zero-order chi connectivity index (χ0) is 14.5. The highest BCUT2D eigenvalue weighted by molar-refractivity contribution is 9.10. The van der Waals surface area contributed by atoms with Gasteiger partial charge in [-0.1, -0.05) is 0 Å². The molecule has 0 amide bonds. The van der Waals surface area contributed by atoms with E-state index in [-0.39, 0.29) is 17.4 Å². The van der Waals surface area contributed by atoms with Crippen LogP contribution in [0.1, 0.15) is 19.2 Å². The van der Waals surface area contributed by atoms with E-state index in [4.69, 9.17) is 11.6 Å². The number of fused-ring (bicyclic) bond motifs is 1. The van der Waals surface area contributed by atoms with E-state index in [1.54, 1.807) is 6.20 Å². The van der Waals surface area contributed by atoms with Crippen molar-refractivity contribution >= 4 is 48.5 Å². The fourth-order valence-corrected chi connectivity index (χ4v) is 5.43. The SMILES string of the molecule is CC1(n2c(CCl)nc3cc(Br)cnc32)CCS(=O)(=O)C1. The largest absolute Gasteiger partial charge is 0.305 e. The van der Waals surface area contributed by atoms with E-state index < -0.39 is 15.4 Å². The van der Waals surface area contributed by atoms with Crippen molar-refractivity contribution in [1.82, 2.24) is 14.5 Å². The Morgan fingerprint density at radius 1 is 1.55 bits per heavy atom. The molecule has 5 nitrogen and oxygen atoms in total. The third-order valence-electron chi connectivity index (χ3n) is 3.68. The fraction of sp³-hybridized carbons (Fsp3) is 0.500. The van der Waals surface area contributed by atoms with Gasteiger partial charge in [0.15, 0.2) is 15.5 Å². The molecule has 0 bridgehead atoms. The summed E-state index contributed by atoms with van der Waals surface area (Å²) in [5.41, 5.74) is 0.877. The van der Waals surface area contributed by atoms with E-state index in [9.17, 15) is 8.42 Å². The average molecular weight is 379 g/mol.